The van der Waals surface area contributed by atoms with Gasteiger partial charge in [-0.1, -0.05) is 13.3 Å². The molecule has 10 atom stereocenters. The lowest BCUT2D eigenvalue weighted by atomic mass is 9.65. The fourth-order valence-electron chi connectivity index (χ4n) is 7.59. The van der Waals surface area contributed by atoms with Gasteiger partial charge in [0, 0.05) is 36.1 Å². The number of aliphatic hydroxyl groups is 4. The Morgan fingerprint density at radius 1 is 1.13 bits per heavy atom. The zero-order valence-corrected chi connectivity index (χ0v) is 21.9. The van der Waals surface area contributed by atoms with Crippen molar-refractivity contribution in [3.63, 3.8) is 0 Å². The van der Waals surface area contributed by atoms with Crippen LogP contribution in [0, 0.1) is 11.8 Å². The molecular formula is C28H38N2O8. The SMILES string of the molecule is CCOC(=O)n1c2c(c3cc(OC4OC(CO)C(O)C(O)C4O)ccc31)CCN1CC3CC(CC)C1C2C3. The first kappa shape index (κ1) is 26.0. The number of piperidine rings is 2. The Morgan fingerprint density at radius 2 is 1.95 bits per heavy atom. The Hall–Kier alpha value is -2.21. The predicted molar refractivity (Wildman–Crippen MR) is 137 cm³/mol. The fraction of sp³-hybridized carbons (Fsp3) is 0.679. The molecule has 10 nitrogen and oxygen atoms in total. The molecule has 5 aliphatic rings. The van der Waals surface area contributed by atoms with Gasteiger partial charge in [0.1, 0.15) is 30.2 Å². The number of carbonyl (C=O) groups excluding carboxylic acids is 1. The molecule has 38 heavy (non-hydrogen) atoms. The standard InChI is InChI=1S/C28H38N2O8/c1-3-15-9-14-10-19-22(15)29(12-14)8-7-17-18-11-16(5-6-20(18)30(23(17)19)28(35)36-4-2)37-27-26(34)25(33)24(32)21(13-31)38-27/h5-6,11,14-15,19,21-22,24-27,31-34H,3-4,7-10,12-13H2,1-2H3. The lowest BCUT2D eigenvalue weighted by Crippen LogP contribution is -2.60. The smallest absolute Gasteiger partial charge is 0.418 e. The highest BCUT2D eigenvalue weighted by molar-refractivity contribution is 5.95. The zero-order valence-electron chi connectivity index (χ0n) is 21.9. The topological polar surface area (TPSA) is 134 Å². The number of hydrogen-bond acceptors (Lipinski definition) is 9. The second-order valence-corrected chi connectivity index (χ2v) is 11.2. The lowest BCUT2D eigenvalue weighted by Gasteiger charge is -2.53. The molecule has 0 radical (unpaired) electrons. The summed E-state index contributed by atoms with van der Waals surface area (Å²) in [4.78, 5) is 16.0. The number of aromatic nitrogens is 1. The van der Waals surface area contributed by atoms with Crippen molar-refractivity contribution < 1.29 is 39.4 Å². The summed E-state index contributed by atoms with van der Waals surface area (Å²) in [5, 5.41) is 41.1. The van der Waals surface area contributed by atoms with Crippen molar-refractivity contribution in [3.8, 4) is 5.75 Å². The summed E-state index contributed by atoms with van der Waals surface area (Å²) in [6, 6.07) is 5.79. The second kappa shape index (κ2) is 10.1. The molecule has 4 fully saturated rings. The number of fused-ring (bicyclic) bond motifs is 4. The molecule has 208 valence electrons. The summed E-state index contributed by atoms with van der Waals surface area (Å²) in [6.45, 7) is 5.88. The summed E-state index contributed by atoms with van der Waals surface area (Å²) in [7, 11) is 0. The number of hydrogen-bond donors (Lipinski definition) is 4. The first-order valence-electron chi connectivity index (χ1n) is 13.9. The lowest BCUT2D eigenvalue weighted by molar-refractivity contribution is -0.277. The van der Waals surface area contributed by atoms with Gasteiger partial charge in [-0.3, -0.25) is 4.90 Å². The van der Waals surface area contributed by atoms with E-state index >= 15 is 0 Å². The van der Waals surface area contributed by atoms with E-state index in [9.17, 15) is 25.2 Å². The zero-order chi connectivity index (χ0) is 26.7. The van der Waals surface area contributed by atoms with Crippen molar-refractivity contribution >= 4 is 17.0 Å². The molecule has 10 unspecified atom stereocenters. The number of rotatable bonds is 5. The molecule has 7 rings (SSSR count). The third-order valence-electron chi connectivity index (χ3n) is 9.19. The quantitative estimate of drug-likeness (QED) is 0.455. The summed E-state index contributed by atoms with van der Waals surface area (Å²) in [5.74, 6) is 1.87. The van der Waals surface area contributed by atoms with Crippen molar-refractivity contribution in [2.75, 3.05) is 26.3 Å². The Morgan fingerprint density at radius 3 is 2.68 bits per heavy atom. The molecule has 5 heterocycles. The van der Waals surface area contributed by atoms with Gasteiger partial charge in [-0.05, 0) is 61.8 Å². The number of ether oxygens (including phenoxy) is 3. The molecule has 1 saturated carbocycles. The third kappa shape index (κ3) is 4.04. The molecule has 1 aliphatic carbocycles. The van der Waals surface area contributed by atoms with Gasteiger partial charge in [-0.25, -0.2) is 9.36 Å². The summed E-state index contributed by atoms with van der Waals surface area (Å²) in [6.07, 6.45) is -2.94. The highest BCUT2D eigenvalue weighted by atomic mass is 16.7. The van der Waals surface area contributed by atoms with Crippen molar-refractivity contribution in [1.29, 1.82) is 0 Å². The molecule has 0 spiro atoms. The average Bonchev–Trinajstić information content (AvgIpc) is 3.19. The number of carbonyl (C=O) groups is 1. The minimum atomic E-state index is -1.52. The minimum absolute atomic E-state index is 0.247. The van der Waals surface area contributed by atoms with E-state index in [-0.39, 0.29) is 18.6 Å². The van der Waals surface area contributed by atoms with E-state index in [1.54, 1.807) is 10.6 Å². The van der Waals surface area contributed by atoms with E-state index < -0.39 is 37.3 Å². The predicted octanol–water partition coefficient (Wildman–Crippen LogP) is 1.58. The van der Waals surface area contributed by atoms with Crippen molar-refractivity contribution in [2.45, 2.75) is 82.2 Å². The van der Waals surface area contributed by atoms with Crippen LogP contribution >= 0.6 is 0 Å². The van der Waals surface area contributed by atoms with E-state index in [2.05, 4.69) is 11.8 Å². The highest BCUT2D eigenvalue weighted by Crippen LogP contribution is 2.52. The summed E-state index contributed by atoms with van der Waals surface area (Å²) < 4.78 is 18.8. The number of aliphatic hydroxyl groups excluding tert-OH is 4. The van der Waals surface area contributed by atoms with Gasteiger partial charge in [0.2, 0.25) is 6.29 Å². The van der Waals surface area contributed by atoms with Gasteiger partial charge in [0.15, 0.2) is 0 Å². The molecule has 10 heteroatoms. The second-order valence-electron chi connectivity index (χ2n) is 11.2. The van der Waals surface area contributed by atoms with E-state index in [1.165, 1.54) is 6.42 Å². The van der Waals surface area contributed by atoms with Crippen LogP contribution in [0.4, 0.5) is 4.79 Å². The maximum atomic E-state index is 13.4. The van der Waals surface area contributed by atoms with Crippen LogP contribution in [0.5, 0.6) is 5.75 Å². The molecule has 4 bridgehead atoms. The Bertz CT molecular complexity index is 1200. The summed E-state index contributed by atoms with van der Waals surface area (Å²) in [5.41, 5.74) is 2.94. The molecule has 1 aromatic heterocycles. The van der Waals surface area contributed by atoms with Crippen LogP contribution in [0.25, 0.3) is 10.9 Å². The Labute approximate surface area is 221 Å². The van der Waals surface area contributed by atoms with Crippen LogP contribution in [0.2, 0.25) is 0 Å². The average molecular weight is 531 g/mol. The summed E-state index contributed by atoms with van der Waals surface area (Å²) >= 11 is 0. The van der Waals surface area contributed by atoms with Crippen molar-refractivity contribution in [1.82, 2.24) is 9.47 Å². The molecule has 1 aromatic carbocycles. The molecule has 3 saturated heterocycles. The van der Waals surface area contributed by atoms with Crippen LogP contribution in [0.1, 0.15) is 50.3 Å². The molecule has 4 N–H and O–H groups in total. The van der Waals surface area contributed by atoms with E-state index in [0.29, 0.717) is 23.6 Å². The molecule has 2 aromatic rings. The highest BCUT2D eigenvalue weighted by Gasteiger charge is 2.50. The molecule has 4 aliphatic heterocycles. The number of benzene rings is 1. The largest absolute Gasteiger partial charge is 0.462 e. The van der Waals surface area contributed by atoms with Gasteiger partial charge >= 0.3 is 6.09 Å². The van der Waals surface area contributed by atoms with E-state index in [4.69, 9.17) is 14.2 Å². The van der Waals surface area contributed by atoms with Crippen LogP contribution in [-0.4, -0.2) is 99.0 Å². The van der Waals surface area contributed by atoms with E-state index in [0.717, 1.165) is 54.5 Å². The van der Waals surface area contributed by atoms with E-state index in [1.807, 2.05) is 19.1 Å². The van der Waals surface area contributed by atoms with Crippen LogP contribution < -0.4 is 4.74 Å². The van der Waals surface area contributed by atoms with Gasteiger partial charge in [0.25, 0.3) is 0 Å². The number of nitrogens with zero attached hydrogens (tertiary/aromatic N) is 2. The fourth-order valence-corrected chi connectivity index (χ4v) is 7.59. The van der Waals surface area contributed by atoms with Crippen LogP contribution in [0.15, 0.2) is 18.2 Å². The minimum Gasteiger partial charge on any atom is -0.462 e. The monoisotopic (exact) mass is 530 g/mol. The normalized spacial score (nSPS) is 38.1. The maximum Gasteiger partial charge on any atom is 0.418 e. The first-order chi connectivity index (χ1) is 18.4. The molecule has 0 amide bonds. The van der Waals surface area contributed by atoms with Gasteiger partial charge in [-0.15, -0.1) is 0 Å². The first-order valence-corrected chi connectivity index (χ1v) is 13.9. The third-order valence-corrected chi connectivity index (χ3v) is 9.19. The molecular weight excluding hydrogens is 492 g/mol. The van der Waals surface area contributed by atoms with Crippen LogP contribution in [-0.2, 0) is 15.9 Å². The van der Waals surface area contributed by atoms with Crippen molar-refractivity contribution in [3.05, 3.63) is 29.5 Å². The Balaban J connectivity index is 1.42. The maximum absolute atomic E-state index is 13.4. The van der Waals surface area contributed by atoms with Gasteiger partial charge < -0.3 is 34.6 Å². The van der Waals surface area contributed by atoms with Gasteiger partial charge in [0.05, 0.1) is 18.7 Å². The van der Waals surface area contributed by atoms with Gasteiger partial charge in [-0.2, -0.15) is 0 Å². The Kier molecular flexibility index (Phi) is 6.90. The van der Waals surface area contributed by atoms with Crippen LogP contribution in [0.3, 0.4) is 0 Å². The van der Waals surface area contributed by atoms with Crippen molar-refractivity contribution in [2.24, 2.45) is 11.8 Å².